The molecule has 1 rings (SSSR count). The fraction of sp³-hybridized carbons (Fsp3) is 0.333. The molecule has 20 heavy (non-hydrogen) atoms. The number of hydrogen-bond donors (Lipinski definition) is 2. The van der Waals surface area contributed by atoms with Crippen LogP contribution in [0.25, 0.3) is 0 Å². The van der Waals surface area contributed by atoms with Crippen LogP contribution in [0.1, 0.15) is 29.3 Å². The summed E-state index contributed by atoms with van der Waals surface area (Å²) < 4.78 is 51.1. The van der Waals surface area contributed by atoms with E-state index in [0.29, 0.717) is 6.07 Å². The van der Waals surface area contributed by atoms with E-state index in [-0.39, 0.29) is 0 Å². The smallest absolute Gasteiger partial charge is 0.419 e. The van der Waals surface area contributed by atoms with Gasteiger partial charge in [-0.25, -0.2) is 4.39 Å². The first-order chi connectivity index (χ1) is 9.12. The molecule has 1 aromatic rings. The van der Waals surface area contributed by atoms with Crippen LogP contribution in [0.2, 0.25) is 0 Å². The topological polar surface area (TPSA) is 66.4 Å². The highest BCUT2D eigenvalue weighted by molar-refractivity contribution is 5.95. The van der Waals surface area contributed by atoms with E-state index in [2.05, 4.69) is 5.32 Å². The average Bonchev–Trinajstić information content (AvgIpc) is 2.25. The number of amides is 1. The highest BCUT2D eigenvalue weighted by Gasteiger charge is 2.35. The molecule has 0 heterocycles. The van der Waals surface area contributed by atoms with Crippen molar-refractivity contribution >= 4 is 11.9 Å². The molecule has 4 nitrogen and oxygen atoms in total. The maximum Gasteiger partial charge on any atom is 0.419 e. The lowest BCUT2D eigenvalue weighted by Crippen LogP contribution is -2.35. The molecule has 0 radical (unpaired) electrons. The molecular weight excluding hydrogens is 282 g/mol. The lowest BCUT2D eigenvalue weighted by atomic mass is 10.1. The number of hydrogen-bond acceptors (Lipinski definition) is 2. The van der Waals surface area contributed by atoms with E-state index < -0.39 is 47.5 Å². The molecule has 0 saturated carbocycles. The number of carboxylic acids is 1. The van der Waals surface area contributed by atoms with Crippen molar-refractivity contribution < 1.29 is 32.3 Å². The van der Waals surface area contributed by atoms with Crippen molar-refractivity contribution in [3.05, 3.63) is 35.1 Å². The van der Waals surface area contributed by atoms with E-state index in [0.717, 1.165) is 12.1 Å². The summed E-state index contributed by atoms with van der Waals surface area (Å²) in [6.07, 6.45) is -5.33. The van der Waals surface area contributed by atoms with Crippen LogP contribution in [0.15, 0.2) is 18.2 Å². The Labute approximate surface area is 111 Å². The zero-order valence-electron chi connectivity index (χ0n) is 10.3. The highest BCUT2D eigenvalue weighted by atomic mass is 19.4. The quantitative estimate of drug-likeness (QED) is 0.838. The molecule has 0 bridgehead atoms. The Hall–Kier alpha value is -2.12. The number of carbonyl (C=O) groups excluding carboxylic acids is 1. The monoisotopic (exact) mass is 293 g/mol. The molecule has 110 valence electrons. The second kappa shape index (κ2) is 5.89. The second-order valence-corrected chi connectivity index (χ2v) is 4.14. The summed E-state index contributed by atoms with van der Waals surface area (Å²) in [5.41, 5.74) is -2.33. The summed E-state index contributed by atoms with van der Waals surface area (Å²) in [5, 5.41) is 10.6. The zero-order chi connectivity index (χ0) is 15.5. The van der Waals surface area contributed by atoms with Crippen LogP contribution in [0, 0.1) is 5.82 Å². The van der Waals surface area contributed by atoms with Crippen LogP contribution < -0.4 is 5.32 Å². The van der Waals surface area contributed by atoms with Crippen molar-refractivity contribution in [3.63, 3.8) is 0 Å². The van der Waals surface area contributed by atoms with Crippen LogP contribution in [0.4, 0.5) is 17.6 Å². The zero-order valence-corrected chi connectivity index (χ0v) is 10.3. The van der Waals surface area contributed by atoms with E-state index in [9.17, 15) is 27.2 Å². The number of alkyl halides is 3. The highest BCUT2D eigenvalue weighted by Crippen LogP contribution is 2.32. The normalized spacial score (nSPS) is 12.8. The van der Waals surface area contributed by atoms with Gasteiger partial charge in [-0.15, -0.1) is 0 Å². The standard InChI is InChI=1S/C12H11F4NO3/c1-6(5-9(18)19)17-11(20)7-3-2-4-8(10(7)13)12(14,15)16/h2-4,6H,5H2,1H3,(H,17,20)(H,18,19). The fourth-order valence-electron chi connectivity index (χ4n) is 1.54. The number of benzene rings is 1. The largest absolute Gasteiger partial charge is 0.481 e. The maximum atomic E-state index is 13.6. The minimum absolute atomic E-state index is 0.424. The van der Waals surface area contributed by atoms with Crippen LogP contribution in [0.5, 0.6) is 0 Å². The van der Waals surface area contributed by atoms with Gasteiger partial charge in [-0.1, -0.05) is 6.07 Å². The summed E-state index contributed by atoms with van der Waals surface area (Å²) in [6, 6.07) is 1.48. The van der Waals surface area contributed by atoms with E-state index in [1.807, 2.05) is 0 Å². The van der Waals surface area contributed by atoms with Gasteiger partial charge in [0.15, 0.2) is 0 Å². The Bertz CT molecular complexity index is 528. The predicted octanol–water partition coefficient (Wildman–Crippen LogP) is 2.44. The van der Waals surface area contributed by atoms with E-state index >= 15 is 0 Å². The maximum absolute atomic E-state index is 13.6. The van der Waals surface area contributed by atoms with Crippen LogP contribution in [-0.4, -0.2) is 23.0 Å². The van der Waals surface area contributed by atoms with Gasteiger partial charge in [0.1, 0.15) is 5.82 Å². The molecule has 1 unspecified atom stereocenters. The van der Waals surface area contributed by atoms with Gasteiger partial charge in [0.25, 0.3) is 5.91 Å². The summed E-state index contributed by atoms with van der Waals surface area (Å²) in [4.78, 5) is 22.0. The summed E-state index contributed by atoms with van der Waals surface area (Å²) in [5.74, 6) is -3.97. The summed E-state index contributed by atoms with van der Waals surface area (Å²) in [7, 11) is 0. The number of nitrogens with one attached hydrogen (secondary N) is 1. The SMILES string of the molecule is CC(CC(=O)O)NC(=O)c1cccc(C(F)(F)F)c1F. The minimum Gasteiger partial charge on any atom is -0.481 e. The molecule has 0 aromatic heterocycles. The first-order valence-corrected chi connectivity index (χ1v) is 5.51. The lowest BCUT2D eigenvalue weighted by molar-refractivity contribution is -0.140. The number of carboxylic acid groups (broad SMARTS) is 1. The minimum atomic E-state index is -4.91. The lowest BCUT2D eigenvalue weighted by Gasteiger charge is -2.14. The van der Waals surface area contributed by atoms with Crippen LogP contribution in [0.3, 0.4) is 0 Å². The van der Waals surface area contributed by atoms with Gasteiger partial charge in [0.05, 0.1) is 17.5 Å². The number of rotatable bonds is 4. The molecule has 1 aromatic carbocycles. The fourth-order valence-corrected chi connectivity index (χ4v) is 1.54. The van der Waals surface area contributed by atoms with Crippen molar-refractivity contribution in [1.29, 1.82) is 0 Å². The van der Waals surface area contributed by atoms with Gasteiger partial charge in [-0.2, -0.15) is 13.2 Å². The Morgan fingerprint density at radius 3 is 2.45 bits per heavy atom. The van der Waals surface area contributed by atoms with Crippen molar-refractivity contribution in [2.45, 2.75) is 25.6 Å². The first-order valence-electron chi connectivity index (χ1n) is 5.51. The van der Waals surface area contributed by atoms with E-state index in [1.165, 1.54) is 6.92 Å². The molecule has 8 heteroatoms. The Morgan fingerprint density at radius 1 is 1.35 bits per heavy atom. The Balaban J connectivity index is 2.97. The van der Waals surface area contributed by atoms with Crippen molar-refractivity contribution in [2.24, 2.45) is 0 Å². The third kappa shape index (κ3) is 3.94. The van der Waals surface area contributed by atoms with Crippen LogP contribution in [-0.2, 0) is 11.0 Å². The van der Waals surface area contributed by atoms with Gasteiger partial charge >= 0.3 is 12.1 Å². The van der Waals surface area contributed by atoms with E-state index in [1.54, 1.807) is 0 Å². The molecule has 1 amide bonds. The molecule has 0 aliphatic rings. The number of carbonyl (C=O) groups is 2. The molecule has 0 saturated heterocycles. The van der Waals surface area contributed by atoms with Gasteiger partial charge in [0, 0.05) is 6.04 Å². The van der Waals surface area contributed by atoms with Crippen LogP contribution >= 0.6 is 0 Å². The Kier molecular flexibility index (Phi) is 4.69. The van der Waals surface area contributed by atoms with Crippen molar-refractivity contribution in [3.8, 4) is 0 Å². The third-order valence-electron chi connectivity index (χ3n) is 2.41. The molecular formula is C12H11F4NO3. The number of aliphatic carboxylic acids is 1. The molecule has 1 atom stereocenters. The predicted molar refractivity (Wildman–Crippen MR) is 60.6 cm³/mol. The van der Waals surface area contributed by atoms with Crippen molar-refractivity contribution in [1.82, 2.24) is 5.32 Å². The second-order valence-electron chi connectivity index (χ2n) is 4.14. The van der Waals surface area contributed by atoms with E-state index in [4.69, 9.17) is 5.11 Å². The number of halogens is 4. The molecule has 0 fully saturated rings. The molecule has 0 aliphatic carbocycles. The third-order valence-corrected chi connectivity index (χ3v) is 2.41. The van der Waals surface area contributed by atoms with Gasteiger partial charge in [-0.3, -0.25) is 9.59 Å². The summed E-state index contributed by atoms with van der Waals surface area (Å²) in [6.45, 7) is 1.34. The molecule has 2 N–H and O–H groups in total. The van der Waals surface area contributed by atoms with Gasteiger partial charge in [-0.05, 0) is 19.1 Å². The first kappa shape index (κ1) is 15.9. The molecule has 0 spiro atoms. The average molecular weight is 293 g/mol. The van der Waals surface area contributed by atoms with Crippen molar-refractivity contribution in [2.75, 3.05) is 0 Å². The van der Waals surface area contributed by atoms with Gasteiger partial charge < -0.3 is 10.4 Å². The molecule has 0 aliphatic heterocycles. The Morgan fingerprint density at radius 2 is 1.95 bits per heavy atom. The summed E-state index contributed by atoms with van der Waals surface area (Å²) >= 11 is 0. The van der Waals surface area contributed by atoms with Gasteiger partial charge in [0.2, 0.25) is 0 Å².